The van der Waals surface area contributed by atoms with Crippen molar-refractivity contribution in [3.05, 3.63) is 60.1 Å². The summed E-state index contributed by atoms with van der Waals surface area (Å²) in [5.41, 5.74) is 5.35. The van der Waals surface area contributed by atoms with Gasteiger partial charge in [0, 0.05) is 0 Å². The molecule has 0 aliphatic carbocycles. The number of carbonyl (C=O) groups excluding carboxylic acids is 1. The summed E-state index contributed by atoms with van der Waals surface area (Å²) in [7, 11) is 0. The van der Waals surface area contributed by atoms with Crippen molar-refractivity contribution < 1.29 is 9.21 Å². The number of nitrogens with two attached hydrogens (primary N) is 1. The van der Waals surface area contributed by atoms with Gasteiger partial charge in [0.25, 0.3) is 0 Å². The molecule has 1 unspecified atom stereocenters. The molecule has 1 radical (unpaired) electrons. The van der Waals surface area contributed by atoms with Gasteiger partial charge in [0.2, 0.25) is 5.91 Å². The van der Waals surface area contributed by atoms with Crippen LogP contribution < -0.4 is 5.73 Å². The largest absolute Gasteiger partial charge is 0.468 e. The second-order valence-corrected chi connectivity index (χ2v) is 3.76. The molecule has 0 saturated carbocycles. The van der Waals surface area contributed by atoms with Crippen LogP contribution >= 0.6 is 0 Å². The molecule has 0 spiro atoms. The van der Waals surface area contributed by atoms with Crippen LogP contribution in [0.5, 0.6) is 0 Å². The quantitative estimate of drug-likeness (QED) is 0.848. The first-order valence-corrected chi connectivity index (χ1v) is 4.96. The molecule has 3 nitrogen and oxygen atoms in total. The zero-order valence-corrected chi connectivity index (χ0v) is 8.94. The van der Waals surface area contributed by atoms with Gasteiger partial charge in [0.15, 0.2) is 0 Å². The second-order valence-electron chi connectivity index (χ2n) is 3.76. The Balaban J connectivity index is 2.58. The van der Waals surface area contributed by atoms with E-state index in [2.05, 4.69) is 6.07 Å². The summed E-state index contributed by atoms with van der Waals surface area (Å²) in [5.74, 6) is 0.111. The van der Waals surface area contributed by atoms with E-state index in [0.29, 0.717) is 5.76 Å². The molecule has 16 heavy (non-hydrogen) atoms. The van der Waals surface area contributed by atoms with E-state index in [1.165, 1.54) is 6.26 Å². The Labute approximate surface area is 93.9 Å². The average Bonchev–Trinajstić information content (AvgIpc) is 2.82. The number of hydrogen-bond donors (Lipinski definition) is 1. The van der Waals surface area contributed by atoms with Crippen LogP contribution in [0, 0.1) is 6.07 Å². The van der Waals surface area contributed by atoms with Gasteiger partial charge >= 0.3 is 0 Å². The van der Waals surface area contributed by atoms with Crippen molar-refractivity contribution in [1.82, 2.24) is 0 Å². The molecule has 81 valence electrons. The minimum absolute atomic E-state index is 0.436. The fraction of sp³-hybridized carbons (Fsp3) is 0.154. The SMILES string of the molecule is CC(C(N)=O)(c1cc[c]cc1)c1ccco1. The first kappa shape index (κ1) is 10.5. The van der Waals surface area contributed by atoms with Crippen LogP contribution in [0.4, 0.5) is 0 Å². The van der Waals surface area contributed by atoms with E-state index < -0.39 is 11.3 Å². The molecule has 2 rings (SSSR count). The maximum atomic E-state index is 11.7. The first-order valence-electron chi connectivity index (χ1n) is 4.96. The summed E-state index contributed by atoms with van der Waals surface area (Å²) < 4.78 is 5.30. The topological polar surface area (TPSA) is 56.2 Å². The Kier molecular flexibility index (Phi) is 2.52. The van der Waals surface area contributed by atoms with E-state index in [4.69, 9.17) is 10.2 Å². The van der Waals surface area contributed by atoms with E-state index in [9.17, 15) is 4.79 Å². The minimum atomic E-state index is -0.932. The number of furan rings is 1. The number of carbonyl (C=O) groups is 1. The maximum Gasteiger partial charge on any atom is 0.235 e. The lowest BCUT2D eigenvalue weighted by atomic mass is 9.79. The molecular weight excluding hydrogens is 202 g/mol. The Hall–Kier alpha value is -2.03. The molecule has 2 aromatic rings. The highest BCUT2D eigenvalue weighted by atomic mass is 16.3. The highest BCUT2D eigenvalue weighted by Gasteiger charge is 2.37. The van der Waals surface area contributed by atoms with Crippen LogP contribution in [-0.2, 0) is 10.2 Å². The number of benzene rings is 1. The fourth-order valence-electron chi connectivity index (χ4n) is 1.69. The van der Waals surface area contributed by atoms with Gasteiger partial charge in [-0.25, -0.2) is 0 Å². The van der Waals surface area contributed by atoms with Crippen LogP contribution in [0.1, 0.15) is 18.2 Å². The normalized spacial score (nSPS) is 14.3. The fourth-order valence-corrected chi connectivity index (χ4v) is 1.69. The van der Waals surface area contributed by atoms with E-state index in [1.807, 2.05) is 12.1 Å². The van der Waals surface area contributed by atoms with Crippen LogP contribution in [0.3, 0.4) is 0 Å². The summed E-state index contributed by atoms with van der Waals surface area (Å²) in [6, 6.07) is 13.5. The summed E-state index contributed by atoms with van der Waals surface area (Å²) in [6.07, 6.45) is 1.53. The van der Waals surface area contributed by atoms with Gasteiger partial charge in [-0.2, -0.15) is 0 Å². The number of primary amides is 1. The van der Waals surface area contributed by atoms with Crippen molar-refractivity contribution >= 4 is 5.91 Å². The lowest BCUT2D eigenvalue weighted by Gasteiger charge is -2.23. The van der Waals surface area contributed by atoms with Crippen molar-refractivity contribution in [2.45, 2.75) is 12.3 Å². The molecule has 1 heterocycles. The standard InChI is InChI=1S/C13H12NO2/c1-13(12(14)15,11-8-5-9-16-11)10-6-3-2-4-7-10/h3-9H,1H3,(H2,14,15). The van der Waals surface area contributed by atoms with Crippen molar-refractivity contribution in [2.24, 2.45) is 5.73 Å². The predicted molar refractivity (Wildman–Crippen MR) is 59.6 cm³/mol. The third kappa shape index (κ3) is 1.50. The van der Waals surface area contributed by atoms with Gasteiger partial charge in [-0.3, -0.25) is 4.79 Å². The van der Waals surface area contributed by atoms with Crippen LogP contribution in [-0.4, -0.2) is 5.91 Å². The first-order chi connectivity index (χ1) is 7.65. The summed E-state index contributed by atoms with van der Waals surface area (Å²) in [6.45, 7) is 1.75. The van der Waals surface area contributed by atoms with E-state index in [1.54, 1.807) is 31.2 Å². The molecule has 1 aromatic heterocycles. The summed E-state index contributed by atoms with van der Waals surface area (Å²) in [4.78, 5) is 11.7. The summed E-state index contributed by atoms with van der Waals surface area (Å²) in [5, 5.41) is 0. The van der Waals surface area contributed by atoms with Crippen LogP contribution in [0.2, 0.25) is 0 Å². The second kappa shape index (κ2) is 3.85. The average molecular weight is 214 g/mol. The van der Waals surface area contributed by atoms with Crippen molar-refractivity contribution in [3.63, 3.8) is 0 Å². The number of amides is 1. The maximum absolute atomic E-state index is 11.7. The third-order valence-electron chi connectivity index (χ3n) is 2.80. The number of rotatable bonds is 3. The van der Waals surface area contributed by atoms with Gasteiger partial charge in [-0.15, -0.1) is 0 Å². The molecule has 0 bridgehead atoms. The van der Waals surface area contributed by atoms with Crippen molar-refractivity contribution in [1.29, 1.82) is 0 Å². The van der Waals surface area contributed by atoms with E-state index in [-0.39, 0.29) is 0 Å². The lowest BCUT2D eigenvalue weighted by molar-refractivity contribution is -0.122. The molecular formula is C13H12NO2. The lowest BCUT2D eigenvalue weighted by Crippen LogP contribution is -2.39. The molecule has 0 aliphatic heterocycles. The predicted octanol–water partition coefficient (Wildman–Crippen LogP) is 1.87. The highest BCUT2D eigenvalue weighted by Crippen LogP contribution is 2.31. The van der Waals surface area contributed by atoms with Crippen LogP contribution in [0.25, 0.3) is 0 Å². The Morgan fingerprint density at radius 2 is 2.06 bits per heavy atom. The number of hydrogen-bond acceptors (Lipinski definition) is 2. The molecule has 2 N–H and O–H groups in total. The van der Waals surface area contributed by atoms with Gasteiger partial charge in [-0.1, -0.05) is 24.3 Å². The molecule has 0 saturated heterocycles. The van der Waals surface area contributed by atoms with Crippen molar-refractivity contribution in [3.8, 4) is 0 Å². The zero-order valence-electron chi connectivity index (χ0n) is 8.94. The third-order valence-corrected chi connectivity index (χ3v) is 2.80. The molecule has 0 fully saturated rings. The Morgan fingerprint density at radius 3 is 2.56 bits per heavy atom. The van der Waals surface area contributed by atoms with Crippen molar-refractivity contribution in [2.75, 3.05) is 0 Å². The zero-order chi connectivity index (χ0) is 11.6. The Bertz CT molecular complexity index is 476. The van der Waals surface area contributed by atoms with E-state index in [0.717, 1.165) is 5.56 Å². The van der Waals surface area contributed by atoms with Gasteiger partial charge in [-0.05, 0) is 30.7 Å². The minimum Gasteiger partial charge on any atom is -0.468 e. The molecule has 0 aliphatic rings. The summed E-state index contributed by atoms with van der Waals surface area (Å²) >= 11 is 0. The highest BCUT2D eigenvalue weighted by molar-refractivity contribution is 5.89. The van der Waals surface area contributed by atoms with Gasteiger partial charge in [0.1, 0.15) is 11.2 Å². The monoisotopic (exact) mass is 214 g/mol. The smallest absolute Gasteiger partial charge is 0.235 e. The molecule has 1 amide bonds. The van der Waals surface area contributed by atoms with Crippen LogP contribution in [0.15, 0.2) is 47.1 Å². The molecule has 3 heteroatoms. The molecule has 1 aromatic carbocycles. The van der Waals surface area contributed by atoms with Gasteiger partial charge in [0.05, 0.1) is 6.26 Å². The van der Waals surface area contributed by atoms with E-state index >= 15 is 0 Å². The molecule has 1 atom stereocenters. The Morgan fingerprint density at radius 1 is 1.38 bits per heavy atom. The van der Waals surface area contributed by atoms with Gasteiger partial charge < -0.3 is 10.2 Å².